The number of ether oxygens (including phenoxy) is 3. The summed E-state index contributed by atoms with van der Waals surface area (Å²) in [6.45, 7) is 9.78. The number of carbonyl (C=O) groups excluding carboxylic acids is 2. The lowest BCUT2D eigenvalue weighted by Crippen LogP contribution is -2.40. The monoisotopic (exact) mass is 649 g/mol. The molecule has 8 nitrogen and oxygen atoms in total. The SMILES string of the molecule is CCCOc1c(I)cc(/C=C2/SC(=Nc3cccc(C(=O)N4CCOCC4)c3)N(CC)C2=O)cc1OCC. The fourth-order valence-electron chi connectivity index (χ4n) is 4.07. The molecule has 0 N–H and O–H groups in total. The van der Waals surface area contributed by atoms with Crippen LogP contribution in [0.25, 0.3) is 6.08 Å². The fourth-order valence-corrected chi connectivity index (χ4v) is 5.91. The van der Waals surface area contributed by atoms with Crippen molar-refractivity contribution in [1.29, 1.82) is 0 Å². The lowest BCUT2D eigenvalue weighted by molar-refractivity contribution is -0.122. The van der Waals surface area contributed by atoms with Crippen molar-refractivity contribution in [3.05, 3.63) is 56.0 Å². The van der Waals surface area contributed by atoms with Crippen molar-refractivity contribution >= 4 is 63.1 Å². The van der Waals surface area contributed by atoms with Crippen LogP contribution < -0.4 is 9.47 Å². The lowest BCUT2D eigenvalue weighted by atomic mass is 10.1. The van der Waals surface area contributed by atoms with E-state index in [-0.39, 0.29) is 11.8 Å². The second-order valence-corrected chi connectivity index (χ2v) is 10.8. The Morgan fingerprint density at radius 2 is 1.95 bits per heavy atom. The first-order valence-corrected chi connectivity index (χ1v) is 14.7. The molecule has 0 bridgehead atoms. The van der Waals surface area contributed by atoms with Gasteiger partial charge >= 0.3 is 0 Å². The Kier molecular flexibility index (Phi) is 10.1. The predicted molar refractivity (Wildman–Crippen MR) is 159 cm³/mol. The first-order chi connectivity index (χ1) is 18.4. The quantitative estimate of drug-likeness (QED) is 0.261. The maximum absolute atomic E-state index is 13.3. The third-order valence-electron chi connectivity index (χ3n) is 5.90. The predicted octanol–water partition coefficient (Wildman–Crippen LogP) is 5.58. The number of amides is 2. The second kappa shape index (κ2) is 13.5. The zero-order chi connectivity index (χ0) is 27.1. The van der Waals surface area contributed by atoms with Crippen LogP contribution in [0.5, 0.6) is 11.5 Å². The first-order valence-electron chi connectivity index (χ1n) is 12.8. The molecule has 0 aliphatic carbocycles. The molecule has 202 valence electrons. The highest BCUT2D eigenvalue weighted by Gasteiger charge is 2.32. The Morgan fingerprint density at radius 3 is 2.66 bits per heavy atom. The zero-order valence-electron chi connectivity index (χ0n) is 21.9. The standard InChI is InChI=1S/C28H32IN3O5S/c1-4-12-37-25-22(29)15-19(16-23(25)36-6-3)17-24-27(34)32(5-2)28(38-24)30-21-9-7-8-20(18-21)26(33)31-10-13-35-14-11-31/h7-9,15-18H,4-6,10-14H2,1-3H3/b24-17+,30-28?. The van der Waals surface area contributed by atoms with Gasteiger partial charge in [0.2, 0.25) is 0 Å². The van der Waals surface area contributed by atoms with E-state index in [1.54, 1.807) is 21.9 Å². The highest BCUT2D eigenvalue weighted by molar-refractivity contribution is 14.1. The van der Waals surface area contributed by atoms with Crippen LogP contribution in [0.15, 0.2) is 46.3 Å². The number of halogens is 1. The third-order valence-corrected chi connectivity index (χ3v) is 7.71. The maximum Gasteiger partial charge on any atom is 0.266 e. The van der Waals surface area contributed by atoms with E-state index in [1.165, 1.54) is 11.8 Å². The van der Waals surface area contributed by atoms with Crippen LogP contribution in [-0.4, -0.2) is 72.8 Å². The number of carbonyl (C=O) groups is 2. The van der Waals surface area contributed by atoms with Gasteiger partial charge < -0.3 is 19.1 Å². The summed E-state index contributed by atoms with van der Waals surface area (Å²) in [6.07, 6.45) is 2.77. The third kappa shape index (κ3) is 6.70. The Labute approximate surface area is 241 Å². The van der Waals surface area contributed by atoms with E-state index in [9.17, 15) is 9.59 Å². The molecule has 2 heterocycles. The topological polar surface area (TPSA) is 80.7 Å². The van der Waals surface area contributed by atoms with Gasteiger partial charge in [0.1, 0.15) is 0 Å². The molecule has 4 rings (SSSR count). The van der Waals surface area contributed by atoms with Crippen LogP contribution in [-0.2, 0) is 9.53 Å². The van der Waals surface area contributed by atoms with Crippen LogP contribution in [0.3, 0.4) is 0 Å². The molecule has 2 aromatic rings. The highest BCUT2D eigenvalue weighted by Crippen LogP contribution is 2.38. The first kappa shape index (κ1) is 28.4. The van der Waals surface area contributed by atoms with Gasteiger partial charge in [-0.2, -0.15) is 0 Å². The average molecular weight is 650 g/mol. The largest absolute Gasteiger partial charge is 0.490 e. The zero-order valence-corrected chi connectivity index (χ0v) is 24.8. The second-order valence-electron chi connectivity index (χ2n) is 8.62. The van der Waals surface area contributed by atoms with E-state index in [2.05, 4.69) is 29.5 Å². The van der Waals surface area contributed by atoms with Crippen molar-refractivity contribution in [3.8, 4) is 11.5 Å². The number of likely N-dealkylation sites (N-methyl/N-ethyl adjacent to an activating group) is 1. The molecule has 2 amide bonds. The minimum absolute atomic E-state index is 0.0375. The molecule has 0 saturated carbocycles. The van der Waals surface area contributed by atoms with Gasteiger partial charge in [-0.15, -0.1) is 0 Å². The van der Waals surface area contributed by atoms with E-state index < -0.39 is 0 Å². The maximum atomic E-state index is 13.3. The fraction of sp³-hybridized carbons (Fsp3) is 0.393. The summed E-state index contributed by atoms with van der Waals surface area (Å²) in [5.41, 5.74) is 2.06. The van der Waals surface area contributed by atoms with Gasteiger partial charge in [-0.25, -0.2) is 4.99 Å². The smallest absolute Gasteiger partial charge is 0.266 e. The van der Waals surface area contributed by atoms with Gasteiger partial charge in [0.05, 0.1) is 40.6 Å². The number of hydrogen-bond donors (Lipinski definition) is 0. The van der Waals surface area contributed by atoms with Crippen molar-refractivity contribution in [3.63, 3.8) is 0 Å². The summed E-state index contributed by atoms with van der Waals surface area (Å²) < 4.78 is 18.0. The van der Waals surface area contributed by atoms with Crippen LogP contribution in [0.4, 0.5) is 5.69 Å². The van der Waals surface area contributed by atoms with Crippen molar-refractivity contribution in [2.75, 3.05) is 46.1 Å². The van der Waals surface area contributed by atoms with Gasteiger partial charge in [0, 0.05) is 25.2 Å². The van der Waals surface area contributed by atoms with Crippen LogP contribution in [0.1, 0.15) is 43.1 Å². The Hall–Kier alpha value is -2.57. The molecule has 0 radical (unpaired) electrons. The summed E-state index contributed by atoms with van der Waals surface area (Å²) >= 11 is 3.57. The molecule has 2 aliphatic rings. The van der Waals surface area contributed by atoms with E-state index >= 15 is 0 Å². The molecule has 0 aromatic heterocycles. The molecule has 2 aliphatic heterocycles. The molecule has 2 saturated heterocycles. The number of morpholine rings is 1. The average Bonchev–Trinajstić information content (AvgIpc) is 3.21. The number of benzene rings is 2. The van der Waals surface area contributed by atoms with Crippen molar-refractivity contribution < 1.29 is 23.8 Å². The van der Waals surface area contributed by atoms with Crippen molar-refractivity contribution in [2.45, 2.75) is 27.2 Å². The number of hydrogen-bond acceptors (Lipinski definition) is 7. The molecule has 38 heavy (non-hydrogen) atoms. The van der Waals surface area contributed by atoms with Crippen molar-refractivity contribution in [1.82, 2.24) is 9.80 Å². The summed E-state index contributed by atoms with van der Waals surface area (Å²) in [6, 6.07) is 11.1. The summed E-state index contributed by atoms with van der Waals surface area (Å²) in [4.78, 5) is 35.0. The number of amidine groups is 1. The summed E-state index contributed by atoms with van der Waals surface area (Å²) in [7, 11) is 0. The highest BCUT2D eigenvalue weighted by atomic mass is 127. The lowest BCUT2D eigenvalue weighted by Gasteiger charge is -2.26. The Morgan fingerprint density at radius 1 is 1.16 bits per heavy atom. The molecular weight excluding hydrogens is 617 g/mol. The van der Waals surface area contributed by atoms with E-state index in [1.807, 2.05) is 44.2 Å². The Bertz CT molecular complexity index is 1240. The number of nitrogens with zero attached hydrogens (tertiary/aromatic N) is 3. The van der Waals surface area contributed by atoms with Gasteiger partial charge in [0.25, 0.3) is 11.8 Å². The number of rotatable bonds is 9. The van der Waals surface area contributed by atoms with Gasteiger partial charge in [0.15, 0.2) is 16.7 Å². The van der Waals surface area contributed by atoms with E-state index in [0.717, 1.165) is 21.3 Å². The van der Waals surface area contributed by atoms with Gasteiger partial charge in [-0.05, 0) is 96.6 Å². The van der Waals surface area contributed by atoms with Crippen LogP contribution in [0, 0.1) is 3.57 Å². The molecule has 0 unspecified atom stereocenters. The molecule has 10 heteroatoms. The molecule has 2 aromatic carbocycles. The van der Waals surface area contributed by atoms with Crippen LogP contribution in [0.2, 0.25) is 0 Å². The minimum atomic E-state index is -0.101. The summed E-state index contributed by atoms with van der Waals surface area (Å²) in [5.74, 6) is 1.25. The minimum Gasteiger partial charge on any atom is -0.490 e. The molecule has 0 spiro atoms. The van der Waals surface area contributed by atoms with E-state index in [0.29, 0.717) is 73.1 Å². The molecule has 2 fully saturated rings. The molecule has 0 atom stereocenters. The molecular formula is C28H32IN3O5S. The number of thioether (sulfide) groups is 1. The van der Waals surface area contributed by atoms with E-state index in [4.69, 9.17) is 19.2 Å². The van der Waals surface area contributed by atoms with Gasteiger partial charge in [-0.1, -0.05) is 13.0 Å². The normalized spacial score (nSPS) is 17.9. The summed E-state index contributed by atoms with van der Waals surface area (Å²) in [5, 5.41) is 0.586. The Balaban J connectivity index is 1.60. The van der Waals surface area contributed by atoms with Gasteiger partial charge in [-0.3, -0.25) is 14.5 Å². The van der Waals surface area contributed by atoms with Crippen LogP contribution >= 0.6 is 34.4 Å². The van der Waals surface area contributed by atoms with Crippen molar-refractivity contribution in [2.24, 2.45) is 4.99 Å². The number of aliphatic imine (C=N–C) groups is 1.